The van der Waals surface area contributed by atoms with Crippen molar-refractivity contribution in [2.24, 2.45) is 0 Å². The summed E-state index contributed by atoms with van der Waals surface area (Å²) in [5, 5.41) is 3.11. The van der Waals surface area contributed by atoms with Crippen LogP contribution in [0.1, 0.15) is 22.6 Å². The number of pyridine rings is 2. The molecular formula is C25H21N3O. The second-order valence-electron chi connectivity index (χ2n) is 6.73. The minimum atomic E-state index is -0.365. The van der Waals surface area contributed by atoms with Crippen molar-refractivity contribution in [1.29, 1.82) is 0 Å². The molecule has 0 aliphatic carbocycles. The van der Waals surface area contributed by atoms with Gasteiger partial charge in [0.1, 0.15) is 0 Å². The molecule has 1 N–H and O–H groups in total. The molecule has 29 heavy (non-hydrogen) atoms. The number of carbonyl (C=O) groups is 1. The fraction of sp³-hybridized carbons (Fsp3) is 0.0800. The fourth-order valence-corrected chi connectivity index (χ4v) is 3.41. The van der Waals surface area contributed by atoms with Crippen LogP contribution < -0.4 is 5.32 Å². The van der Waals surface area contributed by atoms with Crippen LogP contribution in [-0.2, 0) is 11.3 Å². The summed E-state index contributed by atoms with van der Waals surface area (Å²) in [5.74, 6) is -0.403. The largest absolute Gasteiger partial charge is 0.351 e. The Morgan fingerprint density at radius 3 is 2.07 bits per heavy atom. The average Bonchev–Trinajstić information content (AvgIpc) is 2.80. The molecule has 2 aromatic heterocycles. The number of nitrogens with one attached hydrogen (secondary N) is 1. The quantitative estimate of drug-likeness (QED) is 0.533. The summed E-state index contributed by atoms with van der Waals surface area (Å²) in [6, 6.07) is 27.4. The third-order valence-electron chi connectivity index (χ3n) is 4.81. The average molecular weight is 379 g/mol. The molecule has 1 amide bonds. The van der Waals surface area contributed by atoms with E-state index in [1.54, 1.807) is 18.6 Å². The Kier molecular flexibility index (Phi) is 5.72. The Labute approximate surface area is 170 Å². The van der Waals surface area contributed by atoms with Crippen molar-refractivity contribution in [1.82, 2.24) is 15.3 Å². The van der Waals surface area contributed by atoms with Gasteiger partial charge >= 0.3 is 0 Å². The molecule has 0 spiro atoms. The molecule has 0 aliphatic heterocycles. The van der Waals surface area contributed by atoms with Crippen LogP contribution in [0.15, 0.2) is 104 Å². The molecule has 0 fully saturated rings. The monoisotopic (exact) mass is 379 g/mol. The summed E-state index contributed by atoms with van der Waals surface area (Å²) in [4.78, 5) is 21.9. The first-order valence-corrected chi connectivity index (χ1v) is 9.55. The van der Waals surface area contributed by atoms with Crippen LogP contribution >= 0.6 is 0 Å². The summed E-state index contributed by atoms with van der Waals surface area (Å²) in [7, 11) is 0. The zero-order valence-corrected chi connectivity index (χ0v) is 15.9. The van der Waals surface area contributed by atoms with Crippen molar-refractivity contribution in [2.45, 2.75) is 12.5 Å². The van der Waals surface area contributed by atoms with E-state index in [4.69, 9.17) is 0 Å². The van der Waals surface area contributed by atoms with Crippen molar-refractivity contribution in [3.05, 3.63) is 120 Å². The number of rotatable bonds is 6. The van der Waals surface area contributed by atoms with Crippen molar-refractivity contribution < 1.29 is 4.79 Å². The van der Waals surface area contributed by atoms with E-state index in [0.29, 0.717) is 6.54 Å². The second-order valence-corrected chi connectivity index (χ2v) is 6.73. The first kappa shape index (κ1) is 18.6. The Hall–Kier alpha value is -3.79. The number of carbonyl (C=O) groups excluding carboxylic acids is 1. The number of hydrogen-bond donors (Lipinski definition) is 1. The Bertz CT molecular complexity index is 1030. The Balaban J connectivity index is 1.59. The Morgan fingerprint density at radius 2 is 1.45 bits per heavy atom. The lowest BCUT2D eigenvalue weighted by Crippen LogP contribution is -2.30. The SMILES string of the molecule is O=C(NCc1cccnc1-c1cccnc1)C(c1ccccc1)c1ccccc1. The summed E-state index contributed by atoms with van der Waals surface area (Å²) in [6.45, 7) is 0.396. The van der Waals surface area contributed by atoms with Gasteiger partial charge in [-0.25, -0.2) is 0 Å². The molecule has 142 valence electrons. The molecule has 0 saturated carbocycles. The van der Waals surface area contributed by atoms with E-state index in [2.05, 4.69) is 15.3 Å². The number of nitrogens with zero attached hydrogens (tertiary/aromatic N) is 2. The lowest BCUT2D eigenvalue weighted by atomic mass is 9.90. The summed E-state index contributed by atoms with van der Waals surface area (Å²) in [6.07, 6.45) is 5.27. The maximum Gasteiger partial charge on any atom is 0.232 e. The van der Waals surface area contributed by atoms with Gasteiger partial charge in [0.2, 0.25) is 5.91 Å². The normalized spacial score (nSPS) is 10.7. The third kappa shape index (κ3) is 4.38. The van der Waals surface area contributed by atoms with Crippen molar-refractivity contribution in [3.8, 4) is 11.3 Å². The van der Waals surface area contributed by atoms with Gasteiger partial charge in [0, 0.05) is 30.7 Å². The first-order valence-electron chi connectivity index (χ1n) is 9.55. The van der Waals surface area contributed by atoms with E-state index in [0.717, 1.165) is 27.9 Å². The summed E-state index contributed by atoms with van der Waals surface area (Å²) in [5.41, 5.74) is 4.65. The first-order chi connectivity index (χ1) is 14.3. The molecule has 4 nitrogen and oxygen atoms in total. The Morgan fingerprint density at radius 1 is 0.793 bits per heavy atom. The predicted octanol–water partition coefficient (Wildman–Crippen LogP) is 4.59. The maximum absolute atomic E-state index is 13.2. The van der Waals surface area contributed by atoms with Crippen LogP contribution in [0.3, 0.4) is 0 Å². The van der Waals surface area contributed by atoms with E-state index >= 15 is 0 Å². The zero-order chi connectivity index (χ0) is 19.9. The highest BCUT2D eigenvalue weighted by atomic mass is 16.1. The van der Waals surface area contributed by atoms with Gasteiger partial charge in [0.15, 0.2) is 0 Å². The molecule has 4 aromatic rings. The van der Waals surface area contributed by atoms with Crippen LogP contribution in [-0.4, -0.2) is 15.9 Å². The standard InChI is InChI=1S/C25H21N3O/c29-25(23(19-9-3-1-4-10-19)20-11-5-2-6-12-20)28-18-22-14-8-16-27-24(22)21-13-7-15-26-17-21/h1-17,23H,18H2,(H,28,29). The summed E-state index contributed by atoms with van der Waals surface area (Å²) >= 11 is 0. The molecule has 0 aliphatic rings. The third-order valence-corrected chi connectivity index (χ3v) is 4.81. The molecule has 4 heteroatoms. The minimum absolute atomic E-state index is 0.0385. The number of aromatic nitrogens is 2. The molecule has 2 heterocycles. The van der Waals surface area contributed by atoms with Crippen molar-refractivity contribution in [3.63, 3.8) is 0 Å². The second kappa shape index (κ2) is 8.93. The van der Waals surface area contributed by atoms with Gasteiger partial charge in [0.25, 0.3) is 0 Å². The van der Waals surface area contributed by atoms with Crippen molar-refractivity contribution >= 4 is 5.91 Å². The molecule has 2 aromatic carbocycles. The van der Waals surface area contributed by atoms with Gasteiger partial charge in [-0.3, -0.25) is 14.8 Å². The van der Waals surface area contributed by atoms with Gasteiger partial charge in [-0.05, 0) is 34.9 Å². The summed E-state index contributed by atoms with van der Waals surface area (Å²) < 4.78 is 0. The van der Waals surface area contributed by atoms with Gasteiger partial charge in [-0.15, -0.1) is 0 Å². The van der Waals surface area contributed by atoms with E-state index in [9.17, 15) is 4.79 Å². The minimum Gasteiger partial charge on any atom is -0.351 e. The van der Waals surface area contributed by atoms with Gasteiger partial charge in [-0.1, -0.05) is 66.7 Å². The van der Waals surface area contributed by atoms with Crippen LogP contribution in [0.4, 0.5) is 0 Å². The van der Waals surface area contributed by atoms with E-state index in [-0.39, 0.29) is 11.8 Å². The van der Waals surface area contributed by atoms with Crippen LogP contribution in [0.5, 0.6) is 0 Å². The zero-order valence-electron chi connectivity index (χ0n) is 15.9. The van der Waals surface area contributed by atoms with Crippen LogP contribution in [0.2, 0.25) is 0 Å². The number of hydrogen-bond acceptors (Lipinski definition) is 3. The highest BCUT2D eigenvalue weighted by Gasteiger charge is 2.22. The molecule has 0 radical (unpaired) electrons. The molecule has 4 rings (SSSR count). The van der Waals surface area contributed by atoms with Gasteiger partial charge in [-0.2, -0.15) is 0 Å². The fourth-order valence-electron chi connectivity index (χ4n) is 3.41. The smallest absolute Gasteiger partial charge is 0.232 e. The lowest BCUT2D eigenvalue weighted by molar-refractivity contribution is -0.121. The maximum atomic E-state index is 13.2. The number of benzene rings is 2. The molecular weight excluding hydrogens is 358 g/mol. The number of amides is 1. The predicted molar refractivity (Wildman–Crippen MR) is 114 cm³/mol. The van der Waals surface area contributed by atoms with E-state index < -0.39 is 0 Å². The van der Waals surface area contributed by atoms with Crippen LogP contribution in [0, 0.1) is 0 Å². The lowest BCUT2D eigenvalue weighted by Gasteiger charge is -2.18. The topological polar surface area (TPSA) is 54.9 Å². The van der Waals surface area contributed by atoms with Gasteiger partial charge in [0.05, 0.1) is 11.6 Å². The molecule has 0 atom stereocenters. The molecule has 0 bridgehead atoms. The molecule has 0 unspecified atom stereocenters. The molecule has 0 saturated heterocycles. The van der Waals surface area contributed by atoms with E-state index in [1.165, 1.54) is 0 Å². The van der Waals surface area contributed by atoms with Crippen LogP contribution in [0.25, 0.3) is 11.3 Å². The highest BCUT2D eigenvalue weighted by molar-refractivity contribution is 5.87. The van der Waals surface area contributed by atoms with E-state index in [1.807, 2.05) is 84.9 Å². The highest BCUT2D eigenvalue weighted by Crippen LogP contribution is 2.25. The van der Waals surface area contributed by atoms with Gasteiger partial charge < -0.3 is 5.32 Å². The van der Waals surface area contributed by atoms with Crippen molar-refractivity contribution in [2.75, 3.05) is 0 Å².